The van der Waals surface area contributed by atoms with E-state index < -0.39 is 0 Å². The molecule has 0 spiro atoms. The van der Waals surface area contributed by atoms with Crippen molar-refractivity contribution in [1.29, 1.82) is 0 Å². The van der Waals surface area contributed by atoms with Gasteiger partial charge in [0.05, 0.1) is 11.7 Å². The fourth-order valence-corrected chi connectivity index (χ4v) is 3.91. The van der Waals surface area contributed by atoms with Crippen molar-refractivity contribution < 1.29 is 13.9 Å². The van der Waals surface area contributed by atoms with Crippen LogP contribution in [0, 0.1) is 17.8 Å². The number of rotatable bonds is 5. The molecule has 1 heterocycles. The molecular weight excluding hydrogens is 372 g/mol. The average molecular weight is 392 g/mol. The van der Waals surface area contributed by atoms with Crippen molar-refractivity contribution in [2.45, 2.75) is 30.9 Å². The molecule has 0 amide bonds. The van der Waals surface area contributed by atoms with Gasteiger partial charge >= 0.3 is 5.97 Å². The van der Waals surface area contributed by atoms with Crippen molar-refractivity contribution in [3.05, 3.63) is 42.5 Å². The van der Waals surface area contributed by atoms with E-state index >= 15 is 0 Å². The summed E-state index contributed by atoms with van der Waals surface area (Å²) < 4.78 is 11.0. The lowest BCUT2D eigenvalue weighted by atomic mass is 10.0. The third kappa shape index (κ3) is 4.37. The molecule has 1 aromatic heterocycles. The Morgan fingerprint density at radius 1 is 1.11 bits per heavy atom. The van der Waals surface area contributed by atoms with Gasteiger partial charge in [0, 0.05) is 5.56 Å². The van der Waals surface area contributed by atoms with Crippen LogP contribution in [-0.2, 0) is 9.53 Å². The molecule has 0 atom stereocenters. The third-order valence-corrected chi connectivity index (χ3v) is 5.50. The molecule has 0 bridgehead atoms. The maximum atomic E-state index is 11.8. The Kier molecular flexibility index (Phi) is 5.93. The molecule has 0 N–H and O–H groups in total. The van der Waals surface area contributed by atoms with Crippen LogP contribution in [0.3, 0.4) is 0 Å². The third-order valence-electron chi connectivity index (χ3n) is 4.79. The van der Waals surface area contributed by atoms with Crippen LogP contribution in [0.4, 0.5) is 0 Å². The molecule has 0 aliphatic heterocycles. The van der Waals surface area contributed by atoms with E-state index in [1.807, 2.05) is 30.3 Å². The topological polar surface area (TPSA) is 65.2 Å². The van der Waals surface area contributed by atoms with Crippen LogP contribution in [0.15, 0.2) is 52.1 Å². The van der Waals surface area contributed by atoms with E-state index in [4.69, 9.17) is 9.15 Å². The maximum absolute atomic E-state index is 11.8. The maximum Gasteiger partial charge on any atom is 0.309 e. The van der Waals surface area contributed by atoms with E-state index in [1.54, 1.807) is 0 Å². The largest absolute Gasteiger partial charge is 0.452 e. The normalized spacial score (nSPS) is 14.0. The Hall–Kier alpha value is -2.78. The number of carbonyl (C=O) groups excluding carboxylic acids is 1. The first-order valence-corrected chi connectivity index (χ1v) is 10.4. The zero-order valence-corrected chi connectivity index (χ0v) is 16.2. The summed E-state index contributed by atoms with van der Waals surface area (Å²) in [4.78, 5) is 11.8. The lowest BCUT2D eigenvalue weighted by molar-refractivity contribution is -0.146. The van der Waals surface area contributed by atoms with Crippen LogP contribution in [0.25, 0.3) is 22.2 Å². The summed E-state index contributed by atoms with van der Waals surface area (Å²) in [7, 11) is 0. The Morgan fingerprint density at radius 2 is 1.93 bits per heavy atom. The smallest absolute Gasteiger partial charge is 0.309 e. The molecule has 0 radical (unpaired) electrons. The molecule has 28 heavy (non-hydrogen) atoms. The van der Waals surface area contributed by atoms with Crippen LogP contribution in [0.5, 0.6) is 0 Å². The molecule has 1 fully saturated rings. The van der Waals surface area contributed by atoms with Gasteiger partial charge in [0.15, 0.2) is 6.61 Å². The summed E-state index contributed by atoms with van der Waals surface area (Å²) in [5, 5.41) is 10.9. The van der Waals surface area contributed by atoms with E-state index in [0.29, 0.717) is 16.9 Å². The number of thioether (sulfide) groups is 1. The zero-order chi connectivity index (χ0) is 19.2. The highest BCUT2D eigenvalue weighted by atomic mass is 32.2. The van der Waals surface area contributed by atoms with Crippen LogP contribution < -0.4 is 0 Å². The Labute approximate surface area is 167 Å². The van der Waals surface area contributed by atoms with Crippen LogP contribution in [0.1, 0.15) is 25.7 Å². The van der Waals surface area contributed by atoms with Crippen molar-refractivity contribution in [3.63, 3.8) is 0 Å². The summed E-state index contributed by atoms with van der Waals surface area (Å²) in [5.41, 5.74) is 0.919. The molecule has 6 heteroatoms. The van der Waals surface area contributed by atoms with Crippen molar-refractivity contribution in [1.82, 2.24) is 10.2 Å². The van der Waals surface area contributed by atoms with Crippen LogP contribution in [-0.4, -0.2) is 28.5 Å². The predicted molar refractivity (Wildman–Crippen MR) is 109 cm³/mol. The van der Waals surface area contributed by atoms with E-state index in [9.17, 15) is 4.79 Å². The lowest BCUT2D eigenvalue weighted by Gasteiger charge is -2.06. The summed E-state index contributed by atoms with van der Waals surface area (Å²) in [6.07, 6.45) is 4.12. The zero-order valence-electron chi connectivity index (χ0n) is 15.4. The molecular formula is C22H20N2O3S. The van der Waals surface area contributed by atoms with Crippen molar-refractivity contribution in [3.8, 4) is 23.3 Å². The number of ether oxygens (including phenoxy) is 1. The number of hydrogen-bond donors (Lipinski definition) is 0. The van der Waals surface area contributed by atoms with Gasteiger partial charge < -0.3 is 9.15 Å². The standard InChI is InChI=1S/C22H20N2O3S/c25-21(17-9-1-2-10-17)26-14-5-6-15-28-22-24-23-20(27-22)19-13-7-11-16-8-3-4-12-18(16)19/h3-4,7-8,11-13,17H,1-2,9-10,14-15H2. The second-order valence-corrected chi connectivity index (χ2v) is 7.56. The van der Waals surface area contributed by atoms with Gasteiger partial charge in [-0.25, -0.2) is 0 Å². The number of aromatic nitrogens is 2. The molecule has 0 unspecified atom stereocenters. The van der Waals surface area contributed by atoms with E-state index in [-0.39, 0.29) is 18.5 Å². The van der Waals surface area contributed by atoms with Gasteiger partial charge in [0.1, 0.15) is 0 Å². The SMILES string of the molecule is O=C(OCC#CCSc1nnc(-c2cccc3ccccc23)o1)C1CCCC1. The van der Waals surface area contributed by atoms with Gasteiger partial charge in [-0.2, -0.15) is 0 Å². The highest BCUT2D eigenvalue weighted by Gasteiger charge is 2.23. The number of nitrogens with zero attached hydrogens (tertiary/aromatic N) is 2. The van der Waals surface area contributed by atoms with E-state index in [1.165, 1.54) is 11.8 Å². The average Bonchev–Trinajstić information content (AvgIpc) is 3.42. The van der Waals surface area contributed by atoms with Gasteiger partial charge in [-0.05, 0) is 29.7 Å². The first-order chi connectivity index (χ1) is 13.8. The second kappa shape index (κ2) is 8.94. The molecule has 142 valence electrons. The highest BCUT2D eigenvalue weighted by molar-refractivity contribution is 7.99. The fourth-order valence-electron chi connectivity index (χ4n) is 3.38. The predicted octanol–water partition coefficient (Wildman–Crippen LogP) is 4.72. The van der Waals surface area contributed by atoms with Crippen LogP contribution >= 0.6 is 11.8 Å². The van der Waals surface area contributed by atoms with E-state index in [2.05, 4.69) is 34.2 Å². The first kappa shape index (κ1) is 18.6. The number of esters is 1. The van der Waals surface area contributed by atoms with Gasteiger partial charge in [-0.3, -0.25) is 4.79 Å². The fraction of sp³-hybridized carbons (Fsp3) is 0.318. The number of benzene rings is 2. The minimum Gasteiger partial charge on any atom is -0.452 e. The monoisotopic (exact) mass is 392 g/mol. The number of fused-ring (bicyclic) bond motifs is 1. The Morgan fingerprint density at radius 3 is 2.82 bits per heavy atom. The minimum atomic E-state index is -0.115. The summed E-state index contributed by atoms with van der Waals surface area (Å²) in [6.45, 7) is 0.140. The van der Waals surface area contributed by atoms with Gasteiger partial charge in [-0.15, -0.1) is 10.2 Å². The molecule has 1 aliphatic carbocycles. The first-order valence-electron chi connectivity index (χ1n) is 9.38. The summed E-state index contributed by atoms with van der Waals surface area (Å²) in [6, 6.07) is 14.1. The molecule has 1 saturated carbocycles. The molecule has 0 saturated heterocycles. The summed E-state index contributed by atoms with van der Waals surface area (Å²) >= 11 is 1.37. The summed E-state index contributed by atoms with van der Waals surface area (Å²) in [5.74, 6) is 6.79. The minimum absolute atomic E-state index is 0.0713. The van der Waals surface area contributed by atoms with E-state index in [0.717, 1.165) is 42.0 Å². The molecule has 2 aromatic carbocycles. The van der Waals surface area contributed by atoms with Crippen molar-refractivity contribution in [2.24, 2.45) is 5.92 Å². The quantitative estimate of drug-likeness (QED) is 0.356. The number of hydrogen-bond acceptors (Lipinski definition) is 6. The number of carbonyl (C=O) groups is 1. The molecule has 1 aliphatic rings. The van der Waals surface area contributed by atoms with Crippen molar-refractivity contribution in [2.75, 3.05) is 12.4 Å². The van der Waals surface area contributed by atoms with Gasteiger partial charge in [0.25, 0.3) is 5.22 Å². The molecule has 3 aromatic rings. The lowest BCUT2D eigenvalue weighted by Crippen LogP contribution is -2.14. The molecule has 4 rings (SSSR count). The highest BCUT2D eigenvalue weighted by Crippen LogP contribution is 2.29. The van der Waals surface area contributed by atoms with Gasteiger partial charge in [0.2, 0.25) is 5.89 Å². The second-order valence-electron chi connectivity index (χ2n) is 6.63. The van der Waals surface area contributed by atoms with Gasteiger partial charge in [-0.1, -0.05) is 72.8 Å². The Bertz CT molecular complexity index is 1020. The van der Waals surface area contributed by atoms with Crippen molar-refractivity contribution >= 4 is 28.5 Å². The molecule has 5 nitrogen and oxygen atoms in total. The van der Waals surface area contributed by atoms with Crippen LogP contribution in [0.2, 0.25) is 0 Å². The Balaban J connectivity index is 1.30.